The first-order chi connectivity index (χ1) is 18.9. The van der Waals surface area contributed by atoms with E-state index in [-0.39, 0.29) is 0 Å². The Hall–Kier alpha value is -5.15. The Morgan fingerprint density at radius 3 is 1.71 bits per heavy atom. The molecular weight excluding hydrogens is 462 g/mol. The molecule has 0 aliphatic rings. The number of benzene rings is 6. The average Bonchev–Trinajstić information content (AvgIpc) is 3.53. The topological polar surface area (TPSA) is 22.2 Å². The molecule has 0 aliphatic heterocycles. The smallest absolute Gasteiger partial charge is 0.139 e. The lowest BCUT2D eigenvalue weighted by Crippen LogP contribution is -1.99. The lowest BCUT2D eigenvalue weighted by Gasteiger charge is -2.14. The summed E-state index contributed by atoms with van der Waals surface area (Å²) in [6.07, 6.45) is 0. The molecule has 38 heavy (non-hydrogen) atoms. The largest absolute Gasteiger partial charge is 0.295 e. The zero-order valence-electron chi connectivity index (χ0n) is 20.5. The molecule has 3 heterocycles. The summed E-state index contributed by atoms with van der Waals surface area (Å²) >= 11 is 0. The third kappa shape index (κ3) is 2.50. The minimum atomic E-state index is 0.958. The van der Waals surface area contributed by atoms with Crippen LogP contribution in [-0.2, 0) is 0 Å². The minimum absolute atomic E-state index is 0.958. The fourth-order valence-electron chi connectivity index (χ4n) is 6.47. The molecule has 0 saturated carbocycles. The van der Waals surface area contributed by atoms with Gasteiger partial charge in [0.1, 0.15) is 11.3 Å². The van der Waals surface area contributed by atoms with Crippen LogP contribution in [0.25, 0.3) is 76.6 Å². The number of imidazole rings is 1. The van der Waals surface area contributed by atoms with Gasteiger partial charge in [-0.05, 0) is 74.8 Å². The van der Waals surface area contributed by atoms with Gasteiger partial charge in [-0.3, -0.25) is 8.97 Å². The summed E-state index contributed by atoms with van der Waals surface area (Å²) < 4.78 is 4.72. The molecule has 0 spiro atoms. The molecule has 0 atom stereocenters. The van der Waals surface area contributed by atoms with Crippen molar-refractivity contribution in [3.05, 3.63) is 127 Å². The van der Waals surface area contributed by atoms with Crippen LogP contribution < -0.4 is 0 Å². The third-order valence-electron chi connectivity index (χ3n) is 8.07. The van der Waals surface area contributed by atoms with Crippen molar-refractivity contribution in [2.75, 3.05) is 0 Å². The third-order valence-corrected chi connectivity index (χ3v) is 8.07. The van der Waals surface area contributed by atoms with E-state index in [0.29, 0.717) is 0 Å². The monoisotopic (exact) mass is 483 g/mol. The van der Waals surface area contributed by atoms with E-state index in [0.717, 1.165) is 28.0 Å². The first kappa shape index (κ1) is 20.0. The van der Waals surface area contributed by atoms with E-state index in [2.05, 4.69) is 136 Å². The summed E-state index contributed by atoms with van der Waals surface area (Å²) in [5.41, 5.74) is 6.57. The lowest BCUT2D eigenvalue weighted by molar-refractivity contribution is 1.11. The maximum atomic E-state index is 4.94. The lowest BCUT2D eigenvalue weighted by atomic mass is 9.94. The van der Waals surface area contributed by atoms with E-state index in [4.69, 9.17) is 4.98 Å². The highest BCUT2D eigenvalue weighted by molar-refractivity contribution is 6.25. The molecule has 0 aliphatic carbocycles. The van der Waals surface area contributed by atoms with Gasteiger partial charge in [0.15, 0.2) is 0 Å². The molecule has 3 aromatic heterocycles. The van der Waals surface area contributed by atoms with Crippen LogP contribution in [0.4, 0.5) is 0 Å². The highest BCUT2D eigenvalue weighted by Gasteiger charge is 2.18. The van der Waals surface area contributed by atoms with Crippen LogP contribution in [0, 0.1) is 0 Å². The van der Waals surface area contributed by atoms with Gasteiger partial charge >= 0.3 is 0 Å². The van der Waals surface area contributed by atoms with Gasteiger partial charge in [0.25, 0.3) is 0 Å². The fraction of sp³-hybridized carbons (Fsp3) is 0. The SMILES string of the molecule is c1ccc2c(c1)nc1ccc3c4ccccc4n(-c4ccc5c6ccccc6c6ccccc6c5c4)c3n12. The summed E-state index contributed by atoms with van der Waals surface area (Å²) in [6.45, 7) is 0. The quantitative estimate of drug-likeness (QED) is 0.214. The highest BCUT2D eigenvalue weighted by atomic mass is 15.1. The minimum Gasteiger partial charge on any atom is -0.295 e. The van der Waals surface area contributed by atoms with Gasteiger partial charge < -0.3 is 0 Å². The standard InChI is InChI=1S/C35H21N3/c1-2-11-25-23(9-1)24-10-3-4-12-26(24)30-21-22(17-18-27(25)30)37-32-15-7-5-13-28(32)29-19-20-34-36-31-14-6-8-16-33(31)38(34)35(29)37/h1-21H. The van der Waals surface area contributed by atoms with Crippen LogP contribution in [0.1, 0.15) is 0 Å². The molecule has 6 aromatic carbocycles. The summed E-state index contributed by atoms with van der Waals surface area (Å²) in [5.74, 6) is 0. The molecule has 9 aromatic rings. The molecule has 0 N–H and O–H groups in total. The van der Waals surface area contributed by atoms with Crippen molar-refractivity contribution < 1.29 is 0 Å². The molecule has 9 rings (SSSR count). The second-order valence-corrected chi connectivity index (χ2v) is 10.0. The van der Waals surface area contributed by atoms with Gasteiger partial charge in [-0.2, -0.15) is 0 Å². The summed E-state index contributed by atoms with van der Waals surface area (Å²) in [6, 6.07) is 45.9. The van der Waals surface area contributed by atoms with Gasteiger partial charge in [0.05, 0.1) is 16.6 Å². The molecule has 0 unspecified atom stereocenters. The number of nitrogens with zero attached hydrogens (tertiary/aromatic N) is 3. The van der Waals surface area contributed by atoms with E-state index in [1.54, 1.807) is 0 Å². The number of hydrogen-bond donors (Lipinski definition) is 0. The van der Waals surface area contributed by atoms with Gasteiger partial charge in [0.2, 0.25) is 0 Å². The normalized spacial score (nSPS) is 12.2. The molecule has 176 valence electrons. The Kier molecular flexibility index (Phi) is 3.79. The van der Waals surface area contributed by atoms with Crippen molar-refractivity contribution >= 4 is 70.9 Å². The van der Waals surface area contributed by atoms with Crippen LogP contribution in [0.15, 0.2) is 127 Å². The Morgan fingerprint density at radius 2 is 0.974 bits per heavy atom. The van der Waals surface area contributed by atoms with Gasteiger partial charge in [-0.1, -0.05) is 84.9 Å². The van der Waals surface area contributed by atoms with Crippen molar-refractivity contribution in [3.63, 3.8) is 0 Å². The van der Waals surface area contributed by atoms with Crippen molar-refractivity contribution in [1.29, 1.82) is 0 Å². The predicted molar refractivity (Wildman–Crippen MR) is 160 cm³/mol. The van der Waals surface area contributed by atoms with Crippen LogP contribution in [0.5, 0.6) is 0 Å². The van der Waals surface area contributed by atoms with E-state index in [1.165, 1.54) is 48.6 Å². The Balaban J connectivity index is 1.50. The van der Waals surface area contributed by atoms with Gasteiger partial charge in [0, 0.05) is 16.5 Å². The van der Waals surface area contributed by atoms with E-state index in [1.807, 2.05) is 0 Å². The second kappa shape index (κ2) is 7.21. The number of aromatic nitrogens is 3. The predicted octanol–water partition coefficient (Wildman–Crippen LogP) is 9.04. The Labute approximate surface area is 217 Å². The summed E-state index contributed by atoms with van der Waals surface area (Å²) in [7, 11) is 0. The zero-order valence-corrected chi connectivity index (χ0v) is 20.5. The number of pyridine rings is 1. The van der Waals surface area contributed by atoms with Crippen molar-refractivity contribution in [3.8, 4) is 5.69 Å². The number of rotatable bonds is 1. The molecule has 0 saturated heterocycles. The van der Waals surface area contributed by atoms with Gasteiger partial charge in [-0.25, -0.2) is 4.98 Å². The van der Waals surface area contributed by atoms with Crippen LogP contribution in [0.2, 0.25) is 0 Å². The maximum absolute atomic E-state index is 4.94. The highest BCUT2D eigenvalue weighted by Crippen LogP contribution is 2.38. The van der Waals surface area contributed by atoms with Gasteiger partial charge in [-0.15, -0.1) is 0 Å². The Morgan fingerprint density at radius 1 is 0.421 bits per heavy atom. The molecule has 0 bridgehead atoms. The molecule has 0 amide bonds. The number of fused-ring (bicyclic) bond motifs is 13. The molecule has 0 fully saturated rings. The van der Waals surface area contributed by atoms with E-state index >= 15 is 0 Å². The zero-order chi connectivity index (χ0) is 24.8. The molecule has 3 heteroatoms. The second-order valence-electron chi connectivity index (χ2n) is 10.0. The first-order valence-electron chi connectivity index (χ1n) is 13.0. The van der Waals surface area contributed by atoms with Crippen LogP contribution in [-0.4, -0.2) is 14.0 Å². The summed E-state index contributed by atoms with van der Waals surface area (Å²) in [4.78, 5) is 4.94. The Bertz CT molecular complexity index is 2370. The van der Waals surface area contributed by atoms with E-state index < -0.39 is 0 Å². The molecule has 3 nitrogen and oxygen atoms in total. The molecular formula is C35H21N3. The van der Waals surface area contributed by atoms with Crippen molar-refractivity contribution in [2.24, 2.45) is 0 Å². The molecule has 0 radical (unpaired) electrons. The number of hydrogen-bond acceptors (Lipinski definition) is 1. The first-order valence-corrected chi connectivity index (χ1v) is 13.0. The summed E-state index contributed by atoms with van der Waals surface area (Å²) in [5, 5.41) is 10.2. The average molecular weight is 484 g/mol. The van der Waals surface area contributed by atoms with Crippen molar-refractivity contribution in [2.45, 2.75) is 0 Å². The maximum Gasteiger partial charge on any atom is 0.139 e. The van der Waals surface area contributed by atoms with Crippen molar-refractivity contribution in [1.82, 2.24) is 14.0 Å². The van der Waals surface area contributed by atoms with E-state index in [9.17, 15) is 0 Å². The van der Waals surface area contributed by atoms with Crippen LogP contribution >= 0.6 is 0 Å². The number of para-hydroxylation sites is 3. The fourth-order valence-corrected chi connectivity index (χ4v) is 6.47. The van der Waals surface area contributed by atoms with Crippen LogP contribution in [0.3, 0.4) is 0 Å².